The van der Waals surface area contributed by atoms with Gasteiger partial charge in [-0.15, -0.1) is 0 Å². The van der Waals surface area contributed by atoms with Gasteiger partial charge in [0.1, 0.15) is 0 Å². The molecule has 0 bridgehead atoms. The average molecular weight is 341 g/mol. The molecule has 0 saturated heterocycles. The number of ether oxygens (including phenoxy) is 3. The second-order valence-corrected chi connectivity index (χ2v) is 3.67. The molecule has 0 unspecified atom stereocenters. The first-order valence-corrected chi connectivity index (χ1v) is 8.48. The number of nitrogens with one attached hydrogen (secondary N) is 1. The van der Waals surface area contributed by atoms with E-state index in [0.29, 0.717) is 46.1 Å². The van der Waals surface area contributed by atoms with E-state index in [1.165, 1.54) is 0 Å². The molecule has 0 radical (unpaired) electrons. The molecule has 0 aromatic rings. The summed E-state index contributed by atoms with van der Waals surface area (Å²) in [6.07, 6.45) is 0.242. The van der Waals surface area contributed by atoms with Crippen LogP contribution in [0.3, 0.4) is 0 Å². The van der Waals surface area contributed by atoms with E-state index in [0.717, 1.165) is 0 Å². The minimum Gasteiger partial charge on any atom is -0.466 e. The molecule has 0 saturated carbocycles. The Kier molecular flexibility index (Phi) is 29.9. The maximum atomic E-state index is 11.3. The molecule has 0 heterocycles. The van der Waals surface area contributed by atoms with Crippen LogP contribution in [0.25, 0.3) is 0 Å². The van der Waals surface area contributed by atoms with E-state index in [4.69, 9.17) is 19.9 Å². The van der Waals surface area contributed by atoms with Gasteiger partial charge in [0.25, 0.3) is 0 Å². The highest BCUT2D eigenvalue weighted by Gasteiger charge is 2.06. The van der Waals surface area contributed by atoms with Crippen molar-refractivity contribution < 1.29 is 26.7 Å². The lowest BCUT2D eigenvalue weighted by molar-refractivity contribution is -0.144. The van der Waals surface area contributed by atoms with Crippen LogP contribution in [0.2, 0.25) is 0 Å². The van der Waals surface area contributed by atoms with Gasteiger partial charge in [0, 0.05) is 22.4 Å². The lowest BCUT2D eigenvalue weighted by atomic mass is 10.3. The predicted octanol–water partition coefficient (Wildman–Crippen LogP) is 1.98. The molecule has 0 atom stereocenters. The number of amides is 1. The summed E-state index contributed by atoms with van der Waals surface area (Å²) < 4.78 is 15.0. The Morgan fingerprint density at radius 3 is 2.04 bits per heavy atom. The Hall–Kier alpha value is -1.18. The summed E-state index contributed by atoms with van der Waals surface area (Å²) in [5.41, 5.74) is 5.25. The van der Waals surface area contributed by atoms with Crippen molar-refractivity contribution in [1.82, 2.24) is 5.32 Å². The van der Waals surface area contributed by atoms with Crippen molar-refractivity contribution in [1.29, 1.82) is 0 Å². The fourth-order valence-corrected chi connectivity index (χ4v) is 1.21. The van der Waals surface area contributed by atoms with Gasteiger partial charge >= 0.3 is 5.97 Å². The van der Waals surface area contributed by atoms with Crippen molar-refractivity contribution in [3.05, 3.63) is 0 Å². The number of hydrogen-bond acceptors (Lipinski definition) is 6. The van der Waals surface area contributed by atoms with Crippen molar-refractivity contribution in [2.24, 2.45) is 5.73 Å². The van der Waals surface area contributed by atoms with Gasteiger partial charge in [-0.25, -0.2) is 0 Å². The number of carbonyl (C=O) groups is 2. The van der Waals surface area contributed by atoms with Crippen molar-refractivity contribution in [3.63, 3.8) is 0 Å². The molecule has 0 aliphatic rings. The Balaban J connectivity index is -0.000000206. The van der Waals surface area contributed by atoms with E-state index in [2.05, 4.69) is 5.32 Å². The van der Waals surface area contributed by atoms with Crippen molar-refractivity contribution in [2.75, 3.05) is 46.1 Å². The second kappa shape index (κ2) is 25.8. The number of rotatable bonds is 12. The molecule has 3 N–H and O–H groups in total. The molecule has 0 aromatic carbocycles. The molecule has 23 heavy (non-hydrogen) atoms. The summed E-state index contributed by atoms with van der Waals surface area (Å²) >= 11 is 0. The molecule has 0 spiro atoms. The van der Waals surface area contributed by atoms with Crippen LogP contribution < -0.4 is 11.1 Å². The zero-order valence-corrected chi connectivity index (χ0v) is 15.5. The first-order chi connectivity index (χ1) is 11.2. The molecule has 0 rings (SSSR count). The first kappa shape index (κ1) is 26.7. The summed E-state index contributed by atoms with van der Waals surface area (Å²) in [5.74, 6) is -0.540. The lowest BCUT2D eigenvalue weighted by Gasteiger charge is -2.06. The quantitative estimate of drug-likeness (QED) is 0.416. The number of carbonyl (C=O) groups excluding carboxylic acids is 2. The van der Waals surface area contributed by atoms with Crippen molar-refractivity contribution >= 4 is 11.9 Å². The SMILES string of the molecule is CC.CC.CCOC(=O)CCC(=O)NCCOCCOCCN.[HH].[HH]. The van der Waals surface area contributed by atoms with Crippen LogP contribution in [-0.2, 0) is 23.8 Å². The van der Waals surface area contributed by atoms with Gasteiger partial charge in [-0.05, 0) is 6.92 Å². The molecule has 0 aliphatic heterocycles. The Morgan fingerprint density at radius 2 is 1.52 bits per heavy atom. The minimum atomic E-state index is -0.356. The Morgan fingerprint density at radius 1 is 0.957 bits per heavy atom. The minimum absolute atomic E-state index is 0. The van der Waals surface area contributed by atoms with Gasteiger partial charge in [-0.3, -0.25) is 9.59 Å². The summed E-state index contributed by atoms with van der Waals surface area (Å²) in [6.45, 7) is 12.9. The molecule has 0 aromatic heterocycles. The molecule has 1 amide bonds. The topological polar surface area (TPSA) is 99.9 Å². The van der Waals surface area contributed by atoms with Crippen LogP contribution in [-0.4, -0.2) is 58.0 Å². The summed E-state index contributed by atoms with van der Waals surface area (Å²) in [6, 6.07) is 0. The summed E-state index contributed by atoms with van der Waals surface area (Å²) in [5, 5.41) is 2.65. The van der Waals surface area contributed by atoms with E-state index in [-0.39, 0.29) is 27.6 Å². The summed E-state index contributed by atoms with van der Waals surface area (Å²) in [7, 11) is 0. The molecular weight excluding hydrogens is 300 g/mol. The zero-order valence-electron chi connectivity index (χ0n) is 15.5. The molecule has 7 heteroatoms. The van der Waals surface area contributed by atoms with E-state index >= 15 is 0 Å². The number of hydrogen-bond donors (Lipinski definition) is 2. The van der Waals surface area contributed by atoms with Gasteiger partial charge in [0.2, 0.25) is 5.91 Å². The van der Waals surface area contributed by atoms with E-state index in [1.807, 2.05) is 27.7 Å². The smallest absolute Gasteiger partial charge is 0.306 e. The Bertz CT molecular complexity index is 261. The number of esters is 1. The van der Waals surface area contributed by atoms with Crippen LogP contribution in [0.1, 0.15) is 50.3 Å². The Labute approximate surface area is 144 Å². The third-order valence-electron chi connectivity index (χ3n) is 2.06. The first-order valence-electron chi connectivity index (χ1n) is 8.48. The third kappa shape index (κ3) is 26.1. The van der Waals surface area contributed by atoms with Crippen LogP contribution in [0, 0.1) is 0 Å². The van der Waals surface area contributed by atoms with Crippen molar-refractivity contribution in [2.45, 2.75) is 47.5 Å². The third-order valence-corrected chi connectivity index (χ3v) is 2.06. The predicted molar refractivity (Wildman–Crippen MR) is 96.5 cm³/mol. The van der Waals surface area contributed by atoms with Crippen LogP contribution >= 0.6 is 0 Å². The van der Waals surface area contributed by atoms with Gasteiger partial charge < -0.3 is 25.3 Å². The highest BCUT2D eigenvalue weighted by atomic mass is 16.5. The monoisotopic (exact) mass is 340 g/mol. The standard InChI is InChI=1S/C12H24N2O5.2C2H6.2H2/c1-2-19-12(16)4-3-11(15)14-6-8-18-10-9-17-7-5-13;2*1-2;;/h2-10,13H2,1H3,(H,14,15);2*1-2H3;2*1H. The highest BCUT2D eigenvalue weighted by Crippen LogP contribution is 1.92. The van der Waals surface area contributed by atoms with E-state index in [1.54, 1.807) is 6.92 Å². The fraction of sp³-hybridized carbons (Fsp3) is 0.875. The van der Waals surface area contributed by atoms with Gasteiger partial charge in [-0.2, -0.15) is 0 Å². The van der Waals surface area contributed by atoms with Crippen LogP contribution in [0.15, 0.2) is 0 Å². The maximum absolute atomic E-state index is 11.3. The molecule has 144 valence electrons. The highest BCUT2D eigenvalue weighted by molar-refractivity contribution is 5.81. The lowest BCUT2D eigenvalue weighted by Crippen LogP contribution is -2.28. The number of nitrogens with two attached hydrogens (primary N) is 1. The molecule has 7 nitrogen and oxygen atoms in total. The van der Waals surface area contributed by atoms with Gasteiger partial charge in [0.05, 0.1) is 39.5 Å². The normalized spacial score (nSPS) is 8.96. The second-order valence-electron chi connectivity index (χ2n) is 3.67. The van der Waals surface area contributed by atoms with E-state index < -0.39 is 0 Å². The molecule has 0 fully saturated rings. The molecule has 0 aliphatic carbocycles. The maximum Gasteiger partial charge on any atom is 0.306 e. The van der Waals surface area contributed by atoms with E-state index in [9.17, 15) is 9.59 Å². The summed E-state index contributed by atoms with van der Waals surface area (Å²) in [4.78, 5) is 22.3. The zero-order chi connectivity index (χ0) is 18.3. The van der Waals surface area contributed by atoms with Crippen molar-refractivity contribution in [3.8, 4) is 0 Å². The van der Waals surface area contributed by atoms with Crippen LogP contribution in [0.4, 0.5) is 0 Å². The molecular formula is C16H40N2O5. The fourth-order valence-electron chi connectivity index (χ4n) is 1.21. The average Bonchev–Trinajstić information content (AvgIpc) is 2.59. The van der Waals surface area contributed by atoms with Crippen LogP contribution in [0.5, 0.6) is 0 Å². The largest absolute Gasteiger partial charge is 0.466 e. The van der Waals surface area contributed by atoms with Gasteiger partial charge in [0.15, 0.2) is 0 Å². The van der Waals surface area contributed by atoms with Gasteiger partial charge in [-0.1, -0.05) is 27.7 Å².